The summed E-state index contributed by atoms with van der Waals surface area (Å²) in [6.07, 6.45) is 4.62. The van der Waals surface area contributed by atoms with Crippen LogP contribution in [0.2, 0.25) is 0 Å². The summed E-state index contributed by atoms with van der Waals surface area (Å²) in [5.74, 6) is 0. The highest BCUT2D eigenvalue weighted by atomic mass is 15.2. The Morgan fingerprint density at radius 3 is 2.29 bits per heavy atom. The lowest BCUT2D eigenvalue weighted by atomic mass is 9.75. The lowest BCUT2D eigenvalue weighted by Gasteiger charge is -2.49. The topological polar surface area (TPSA) is 56.3 Å². The largest absolute Gasteiger partial charge is 0.314 e. The van der Waals surface area contributed by atoms with E-state index < -0.39 is 5.54 Å². The Labute approximate surface area is 105 Å². The average Bonchev–Trinajstić information content (AvgIpc) is 2.20. The maximum Gasteiger partial charge on any atom is 0.102 e. The summed E-state index contributed by atoms with van der Waals surface area (Å²) >= 11 is 0. The molecule has 4 nitrogen and oxygen atoms in total. The molecule has 0 aromatic carbocycles. The molecule has 0 heterocycles. The molecular formula is C13H26N4. The van der Waals surface area contributed by atoms with Crippen molar-refractivity contribution in [3.05, 3.63) is 0 Å². The van der Waals surface area contributed by atoms with Crippen molar-refractivity contribution in [1.82, 2.24) is 9.80 Å². The van der Waals surface area contributed by atoms with Gasteiger partial charge < -0.3 is 15.5 Å². The van der Waals surface area contributed by atoms with Crippen molar-refractivity contribution in [3.63, 3.8) is 0 Å². The van der Waals surface area contributed by atoms with E-state index in [1.54, 1.807) is 6.92 Å². The van der Waals surface area contributed by atoms with Crippen LogP contribution in [0.4, 0.5) is 0 Å². The molecule has 1 aliphatic carbocycles. The normalized spacial score (nSPS) is 22.0. The van der Waals surface area contributed by atoms with Crippen molar-refractivity contribution >= 4 is 0 Å². The Balaban J connectivity index is 2.39. The van der Waals surface area contributed by atoms with E-state index in [1.165, 1.54) is 19.3 Å². The second-order valence-electron chi connectivity index (χ2n) is 5.99. The Morgan fingerprint density at radius 1 is 1.35 bits per heavy atom. The predicted molar refractivity (Wildman–Crippen MR) is 70.6 cm³/mol. The minimum absolute atomic E-state index is 0.354. The van der Waals surface area contributed by atoms with Gasteiger partial charge in [0, 0.05) is 18.6 Å². The van der Waals surface area contributed by atoms with Crippen LogP contribution in [0.25, 0.3) is 0 Å². The van der Waals surface area contributed by atoms with E-state index in [9.17, 15) is 0 Å². The summed E-state index contributed by atoms with van der Waals surface area (Å²) in [6, 6.07) is 2.15. The Hall–Kier alpha value is -0.630. The van der Waals surface area contributed by atoms with E-state index in [4.69, 9.17) is 11.0 Å². The van der Waals surface area contributed by atoms with Gasteiger partial charge in [0.2, 0.25) is 0 Å². The maximum absolute atomic E-state index is 8.88. The van der Waals surface area contributed by atoms with E-state index >= 15 is 0 Å². The van der Waals surface area contributed by atoms with Gasteiger partial charge in [0.25, 0.3) is 0 Å². The van der Waals surface area contributed by atoms with Crippen molar-refractivity contribution in [3.8, 4) is 6.07 Å². The standard InChI is InChI=1S/C13H26N4/c1-12(15,10-14)8-9-17(4)11-13(16(2)3)6-5-7-13/h5-9,11,15H2,1-4H3. The number of nitrogens with zero attached hydrogens (tertiary/aromatic N) is 3. The first-order chi connectivity index (χ1) is 7.81. The van der Waals surface area contributed by atoms with Gasteiger partial charge in [-0.25, -0.2) is 0 Å². The van der Waals surface area contributed by atoms with Crippen LogP contribution >= 0.6 is 0 Å². The Kier molecular flexibility index (Phi) is 4.54. The van der Waals surface area contributed by atoms with Crippen molar-refractivity contribution in [2.24, 2.45) is 5.73 Å². The SMILES string of the molecule is CN(CCC(C)(N)C#N)CC1(N(C)C)CCC1. The molecule has 0 spiro atoms. The van der Waals surface area contributed by atoms with Crippen molar-refractivity contribution < 1.29 is 0 Å². The zero-order chi connectivity index (χ0) is 13.1. The van der Waals surface area contributed by atoms with Crippen LogP contribution in [-0.2, 0) is 0 Å². The average molecular weight is 238 g/mol. The van der Waals surface area contributed by atoms with Gasteiger partial charge in [0.15, 0.2) is 0 Å². The maximum atomic E-state index is 8.88. The fourth-order valence-electron chi connectivity index (χ4n) is 2.39. The van der Waals surface area contributed by atoms with Gasteiger partial charge in [-0.1, -0.05) is 0 Å². The van der Waals surface area contributed by atoms with Gasteiger partial charge in [-0.3, -0.25) is 0 Å². The molecule has 1 saturated carbocycles. The third kappa shape index (κ3) is 3.67. The van der Waals surface area contributed by atoms with Gasteiger partial charge in [-0.15, -0.1) is 0 Å². The van der Waals surface area contributed by atoms with E-state index in [0.717, 1.165) is 19.5 Å². The van der Waals surface area contributed by atoms with E-state index in [2.05, 4.69) is 37.0 Å². The number of hydrogen-bond acceptors (Lipinski definition) is 4. The van der Waals surface area contributed by atoms with E-state index in [0.29, 0.717) is 5.54 Å². The molecule has 2 N–H and O–H groups in total. The van der Waals surface area contributed by atoms with Gasteiger partial charge in [0.05, 0.1) is 6.07 Å². The fourth-order valence-corrected chi connectivity index (χ4v) is 2.39. The first-order valence-corrected chi connectivity index (χ1v) is 6.37. The molecule has 4 heteroatoms. The molecule has 1 fully saturated rings. The molecule has 0 aliphatic heterocycles. The first-order valence-electron chi connectivity index (χ1n) is 6.37. The smallest absolute Gasteiger partial charge is 0.102 e. The molecule has 1 atom stereocenters. The summed E-state index contributed by atoms with van der Waals surface area (Å²) < 4.78 is 0. The second kappa shape index (κ2) is 5.34. The van der Waals surface area contributed by atoms with Gasteiger partial charge in [-0.2, -0.15) is 5.26 Å². The molecular weight excluding hydrogens is 212 g/mol. The number of likely N-dealkylation sites (N-methyl/N-ethyl adjacent to an activating group) is 2. The molecule has 0 aromatic rings. The van der Waals surface area contributed by atoms with Crippen LogP contribution in [0, 0.1) is 11.3 Å². The van der Waals surface area contributed by atoms with Crippen LogP contribution in [0.5, 0.6) is 0 Å². The lowest BCUT2D eigenvalue weighted by Crippen LogP contribution is -2.57. The molecule has 0 amide bonds. The summed E-state index contributed by atoms with van der Waals surface area (Å²) in [7, 11) is 6.45. The van der Waals surface area contributed by atoms with Gasteiger partial charge in [-0.05, 0) is 53.8 Å². The third-order valence-corrected chi connectivity index (χ3v) is 4.07. The van der Waals surface area contributed by atoms with Crippen LogP contribution < -0.4 is 5.73 Å². The Morgan fingerprint density at radius 2 is 1.94 bits per heavy atom. The number of nitrogens with two attached hydrogens (primary N) is 1. The fraction of sp³-hybridized carbons (Fsp3) is 0.923. The molecule has 1 unspecified atom stereocenters. The highest BCUT2D eigenvalue weighted by molar-refractivity contribution is 5.02. The highest BCUT2D eigenvalue weighted by Gasteiger charge is 2.39. The lowest BCUT2D eigenvalue weighted by molar-refractivity contribution is 0.0269. The van der Waals surface area contributed by atoms with Crippen molar-refractivity contribution in [2.75, 3.05) is 34.2 Å². The minimum Gasteiger partial charge on any atom is -0.314 e. The van der Waals surface area contributed by atoms with Gasteiger partial charge >= 0.3 is 0 Å². The van der Waals surface area contributed by atoms with Crippen molar-refractivity contribution in [1.29, 1.82) is 5.26 Å². The molecule has 98 valence electrons. The molecule has 0 radical (unpaired) electrons. The predicted octanol–water partition coefficient (Wildman–Crippen LogP) is 1.03. The molecule has 0 aromatic heterocycles. The number of rotatable bonds is 6. The van der Waals surface area contributed by atoms with Crippen LogP contribution in [0.15, 0.2) is 0 Å². The molecule has 1 rings (SSSR count). The number of nitriles is 1. The minimum atomic E-state index is -0.695. The van der Waals surface area contributed by atoms with Crippen LogP contribution in [0.3, 0.4) is 0 Å². The number of hydrogen-bond donors (Lipinski definition) is 1. The van der Waals surface area contributed by atoms with E-state index in [-0.39, 0.29) is 0 Å². The molecule has 0 bridgehead atoms. The monoisotopic (exact) mass is 238 g/mol. The Bertz CT molecular complexity index is 286. The third-order valence-electron chi connectivity index (χ3n) is 4.07. The van der Waals surface area contributed by atoms with Crippen molar-refractivity contribution in [2.45, 2.75) is 43.7 Å². The summed E-state index contributed by atoms with van der Waals surface area (Å²) in [5.41, 5.74) is 5.49. The highest BCUT2D eigenvalue weighted by Crippen LogP contribution is 2.36. The molecule has 17 heavy (non-hydrogen) atoms. The van der Waals surface area contributed by atoms with Crippen LogP contribution in [0.1, 0.15) is 32.6 Å². The molecule has 0 saturated heterocycles. The van der Waals surface area contributed by atoms with E-state index in [1.807, 2.05) is 0 Å². The second-order valence-corrected chi connectivity index (χ2v) is 5.99. The summed E-state index contributed by atoms with van der Waals surface area (Å²) in [4.78, 5) is 4.65. The summed E-state index contributed by atoms with van der Waals surface area (Å²) in [5, 5.41) is 8.88. The first kappa shape index (κ1) is 14.4. The zero-order valence-corrected chi connectivity index (χ0v) is 11.7. The zero-order valence-electron chi connectivity index (χ0n) is 11.7. The quantitative estimate of drug-likeness (QED) is 0.751. The summed E-state index contributed by atoms with van der Waals surface area (Å²) in [6.45, 7) is 3.75. The molecule has 1 aliphatic rings. The van der Waals surface area contributed by atoms with Gasteiger partial charge in [0.1, 0.15) is 5.54 Å². The van der Waals surface area contributed by atoms with Crippen LogP contribution in [-0.4, -0.2) is 55.1 Å².